The Kier molecular flexibility index (Phi) is 5.38. The van der Waals surface area contributed by atoms with Crippen molar-refractivity contribution < 1.29 is 13.2 Å². The molecule has 3 aromatic rings. The Balaban J connectivity index is 1.76. The van der Waals surface area contributed by atoms with Crippen LogP contribution in [0.25, 0.3) is 10.2 Å². The maximum atomic E-state index is 12.4. The summed E-state index contributed by atoms with van der Waals surface area (Å²) >= 11 is 1.26. The number of fused-ring (bicyclic) bond motifs is 1. The molecule has 0 saturated carbocycles. The van der Waals surface area contributed by atoms with E-state index in [1.165, 1.54) is 29.2 Å². The maximum absolute atomic E-state index is 12.4. The molecule has 7 heteroatoms. The van der Waals surface area contributed by atoms with Gasteiger partial charge in [0, 0.05) is 11.8 Å². The average molecular weight is 389 g/mol. The van der Waals surface area contributed by atoms with Crippen molar-refractivity contribution in [2.75, 3.05) is 11.6 Å². The number of hydrogen-bond donors (Lipinski definition) is 1. The van der Waals surface area contributed by atoms with E-state index >= 15 is 0 Å². The molecule has 0 spiro atoms. The van der Waals surface area contributed by atoms with Crippen molar-refractivity contribution in [3.05, 3.63) is 53.6 Å². The van der Waals surface area contributed by atoms with Gasteiger partial charge in [0.15, 0.2) is 15.0 Å². The van der Waals surface area contributed by atoms with E-state index in [0.29, 0.717) is 16.2 Å². The molecule has 0 aliphatic heterocycles. The second-order valence-electron chi connectivity index (χ2n) is 6.18. The van der Waals surface area contributed by atoms with Crippen molar-refractivity contribution in [3.63, 3.8) is 0 Å². The van der Waals surface area contributed by atoms with Gasteiger partial charge in [0.1, 0.15) is 0 Å². The summed E-state index contributed by atoms with van der Waals surface area (Å²) in [6.07, 6.45) is 4.45. The molecule has 1 amide bonds. The Morgan fingerprint density at radius 1 is 1.15 bits per heavy atom. The molecule has 0 aliphatic carbocycles. The molecule has 0 saturated heterocycles. The second-order valence-corrected chi connectivity index (χ2v) is 9.22. The molecule has 0 aliphatic rings. The van der Waals surface area contributed by atoms with Crippen molar-refractivity contribution in [2.24, 2.45) is 0 Å². The van der Waals surface area contributed by atoms with E-state index in [9.17, 15) is 13.2 Å². The van der Waals surface area contributed by atoms with E-state index < -0.39 is 9.84 Å². The molecule has 1 N–H and O–H groups in total. The predicted molar refractivity (Wildman–Crippen MR) is 106 cm³/mol. The Morgan fingerprint density at radius 3 is 2.54 bits per heavy atom. The minimum atomic E-state index is -3.27. The third-order valence-corrected chi connectivity index (χ3v) is 6.09. The summed E-state index contributed by atoms with van der Waals surface area (Å²) in [5, 5.41) is 3.24. The fourth-order valence-electron chi connectivity index (χ4n) is 2.56. The Bertz CT molecular complexity index is 1040. The van der Waals surface area contributed by atoms with Gasteiger partial charge < -0.3 is 0 Å². The fourth-order valence-corrected chi connectivity index (χ4v) is 4.18. The highest BCUT2D eigenvalue weighted by Crippen LogP contribution is 2.28. The molecule has 0 bridgehead atoms. The van der Waals surface area contributed by atoms with Crippen LogP contribution >= 0.6 is 11.3 Å². The van der Waals surface area contributed by atoms with Gasteiger partial charge in [-0.25, -0.2) is 13.4 Å². The maximum Gasteiger partial charge on any atom is 0.257 e. The SMILES string of the molecule is CCCCc1ccc(C(=O)Nc2nc3ccc(S(C)(=O)=O)cc3s2)cc1. The van der Waals surface area contributed by atoms with Crippen LogP contribution in [-0.4, -0.2) is 25.6 Å². The first-order valence-corrected chi connectivity index (χ1v) is 11.1. The number of rotatable bonds is 6. The first-order valence-electron chi connectivity index (χ1n) is 8.38. The van der Waals surface area contributed by atoms with Crippen LogP contribution < -0.4 is 5.32 Å². The molecular formula is C19H20N2O3S2. The van der Waals surface area contributed by atoms with E-state index in [-0.39, 0.29) is 10.8 Å². The zero-order valence-electron chi connectivity index (χ0n) is 14.7. The number of unbranched alkanes of at least 4 members (excludes halogenated alkanes) is 1. The average Bonchev–Trinajstić information content (AvgIpc) is 3.01. The number of sulfone groups is 1. The van der Waals surface area contributed by atoms with Gasteiger partial charge in [0.05, 0.1) is 15.1 Å². The first kappa shape index (κ1) is 18.5. The first-order chi connectivity index (χ1) is 12.4. The van der Waals surface area contributed by atoms with Crippen LogP contribution in [0.15, 0.2) is 47.4 Å². The summed E-state index contributed by atoms with van der Waals surface area (Å²) in [7, 11) is -3.27. The molecule has 1 heterocycles. The smallest absolute Gasteiger partial charge is 0.257 e. The van der Waals surface area contributed by atoms with Crippen molar-refractivity contribution in [2.45, 2.75) is 31.1 Å². The molecule has 26 heavy (non-hydrogen) atoms. The highest BCUT2D eigenvalue weighted by molar-refractivity contribution is 7.90. The molecule has 5 nitrogen and oxygen atoms in total. The van der Waals surface area contributed by atoms with Gasteiger partial charge in [-0.1, -0.05) is 36.8 Å². The van der Waals surface area contributed by atoms with Crippen LogP contribution in [0.4, 0.5) is 5.13 Å². The van der Waals surface area contributed by atoms with Crippen molar-refractivity contribution in [1.29, 1.82) is 0 Å². The number of aryl methyl sites for hydroxylation is 1. The van der Waals surface area contributed by atoms with Crippen LogP contribution in [0, 0.1) is 0 Å². The van der Waals surface area contributed by atoms with Crippen molar-refractivity contribution >= 4 is 42.4 Å². The zero-order valence-corrected chi connectivity index (χ0v) is 16.3. The molecular weight excluding hydrogens is 368 g/mol. The Labute approximate surface area is 157 Å². The third kappa shape index (κ3) is 4.28. The number of carbonyl (C=O) groups is 1. The number of benzene rings is 2. The van der Waals surface area contributed by atoms with Gasteiger partial charge in [0.25, 0.3) is 5.91 Å². The quantitative estimate of drug-likeness (QED) is 0.683. The highest BCUT2D eigenvalue weighted by atomic mass is 32.2. The van der Waals surface area contributed by atoms with Gasteiger partial charge in [0.2, 0.25) is 0 Å². The third-order valence-electron chi connectivity index (χ3n) is 4.04. The molecule has 2 aromatic carbocycles. The fraction of sp³-hybridized carbons (Fsp3) is 0.263. The zero-order chi connectivity index (χ0) is 18.7. The molecule has 3 rings (SSSR count). The molecule has 0 atom stereocenters. The number of hydrogen-bond acceptors (Lipinski definition) is 5. The number of carbonyl (C=O) groups excluding carboxylic acids is 1. The largest absolute Gasteiger partial charge is 0.298 e. The summed E-state index contributed by atoms with van der Waals surface area (Å²) in [6.45, 7) is 2.15. The number of nitrogens with zero attached hydrogens (tertiary/aromatic N) is 1. The van der Waals surface area contributed by atoms with E-state index in [4.69, 9.17) is 0 Å². The van der Waals surface area contributed by atoms with Crippen LogP contribution in [0.3, 0.4) is 0 Å². The topological polar surface area (TPSA) is 76.1 Å². The number of thiazole rings is 1. The Morgan fingerprint density at radius 2 is 1.88 bits per heavy atom. The normalized spacial score (nSPS) is 11.6. The summed E-state index contributed by atoms with van der Waals surface area (Å²) in [4.78, 5) is 17.0. The lowest BCUT2D eigenvalue weighted by Crippen LogP contribution is -2.11. The predicted octanol–water partition coefficient (Wildman–Crippen LogP) is 4.29. The molecule has 0 unspecified atom stereocenters. The van der Waals surface area contributed by atoms with Crippen LogP contribution in [0.2, 0.25) is 0 Å². The molecule has 0 fully saturated rings. The lowest BCUT2D eigenvalue weighted by Gasteiger charge is -2.03. The minimum Gasteiger partial charge on any atom is -0.298 e. The number of nitrogens with one attached hydrogen (secondary N) is 1. The summed E-state index contributed by atoms with van der Waals surface area (Å²) in [6, 6.07) is 12.3. The van der Waals surface area contributed by atoms with Crippen molar-refractivity contribution in [1.82, 2.24) is 4.98 Å². The minimum absolute atomic E-state index is 0.227. The van der Waals surface area contributed by atoms with E-state index in [1.54, 1.807) is 12.1 Å². The van der Waals surface area contributed by atoms with E-state index in [0.717, 1.165) is 24.0 Å². The van der Waals surface area contributed by atoms with Crippen LogP contribution in [-0.2, 0) is 16.3 Å². The summed E-state index contributed by atoms with van der Waals surface area (Å²) in [5.74, 6) is -0.227. The van der Waals surface area contributed by atoms with Gasteiger partial charge >= 0.3 is 0 Å². The van der Waals surface area contributed by atoms with Crippen molar-refractivity contribution in [3.8, 4) is 0 Å². The molecule has 136 valence electrons. The van der Waals surface area contributed by atoms with Gasteiger partial charge in [-0.2, -0.15) is 0 Å². The number of amides is 1. The standard InChI is InChI=1S/C19H20N2O3S2/c1-3-4-5-13-6-8-14(9-7-13)18(22)21-19-20-16-11-10-15(26(2,23)24)12-17(16)25-19/h6-12H,3-5H2,1-2H3,(H,20,21,22). The summed E-state index contributed by atoms with van der Waals surface area (Å²) < 4.78 is 24.0. The van der Waals surface area contributed by atoms with E-state index in [2.05, 4.69) is 17.2 Å². The van der Waals surface area contributed by atoms with Crippen LogP contribution in [0.1, 0.15) is 35.7 Å². The molecule has 1 aromatic heterocycles. The van der Waals surface area contributed by atoms with Crippen LogP contribution in [0.5, 0.6) is 0 Å². The van der Waals surface area contributed by atoms with Gasteiger partial charge in [-0.15, -0.1) is 0 Å². The number of anilines is 1. The highest BCUT2D eigenvalue weighted by Gasteiger charge is 2.13. The lowest BCUT2D eigenvalue weighted by molar-refractivity contribution is 0.102. The Hall–Kier alpha value is -2.25. The van der Waals surface area contributed by atoms with E-state index in [1.807, 2.05) is 24.3 Å². The van der Waals surface area contributed by atoms with Gasteiger partial charge in [-0.05, 0) is 48.7 Å². The lowest BCUT2D eigenvalue weighted by atomic mass is 10.1. The summed E-state index contributed by atoms with van der Waals surface area (Å²) in [5.41, 5.74) is 2.45. The number of aromatic nitrogens is 1. The monoisotopic (exact) mass is 388 g/mol. The van der Waals surface area contributed by atoms with Gasteiger partial charge in [-0.3, -0.25) is 10.1 Å². The second kappa shape index (κ2) is 7.55. The molecule has 0 radical (unpaired) electrons.